The molecule has 2 heterocycles. The van der Waals surface area contributed by atoms with Crippen molar-refractivity contribution in [3.8, 4) is 0 Å². The van der Waals surface area contributed by atoms with E-state index in [9.17, 15) is 4.79 Å². The molecule has 0 bridgehead atoms. The molecule has 20 heavy (non-hydrogen) atoms. The molecule has 0 amide bonds. The van der Waals surface area contributed by atoms with Gasteiger partial charge in [0.2, 0.25) is 0 Å². The Bertz CT molecular complexity index is 639. The molecule has 0 spiro atoms. The Balaban J connectivity index is 1.72. The first-order valence-corrected chi connectivity index (χ1v) is 7.62. The van der Waals surface area contributed by atoms with Crippen LogP contribution in [0.1, 0.15) is 36.0 Å². The first-order valence-electron chi connectivity index (χ1n) is 6.80. The number of carbonyl (C=O) groups excluding carboxylic acids is 1. The molecule has 0 atom stereocenters. The van der Waals surface area contributed by atoms with Crippen LogP contribution in [0.15, 0.2) is 6.20 Å². The van der Waals surface area contributed by atoms with Crippen LogP contribution in [0.4, 0.5) is 0 Å². The molecule has 0 saturated carbocycles. The van der Waals surface area contributed by atoms with Crippen molar-refractivity contribution >= 4 is 27.5 Å². The number of fused-ring (bicyclic) bond motifs is 3. The lowest BCUT2D eigenvalue weighted by molar-refractivity contribution is -0.269. The maximum Gasteiger partial charge on any atom is 0.339 e. The maximum absolute atomic E-state index is 10.6. The number of thiophene rings is 1. The third-order valence-electron chi connectivity index (χ3n) is 3.35. The largest absolute Gasteiger partial charge is 0.339 e. The standard InChI is InChI=1S/C14H16N2O3S/c1-9(17)19-18-7-6-13-15-8-11-10-4-2-3-5-12(10)20-14(11)16-13/h8H,2-7H2,1H3. The van der Waals surface area contributed by atoms with Gasteiger partial charge in [0.25, 0.3) is 0 Å². The summed E-state index contributed by atoms with van der Waals surface area (Å²) >= 11 is 1.78. The second-order valence-electron chi connectivity index (χ2n) is 4.86. The molecule has 1 aliphatic rings. The lowest BCUT2D eigenvalue weighted by Gasteiger charge is -2.09. The number of nitrogens with zero attached hydrogens (tertiary/aromatic N) is 2. The summed E-state index contributed by atoms with van der Waals surface area (Å²) < 4.78 is 0. The van der Waals surface area contributed by atoms with E-state index in [1.165, 1.54) is 42.0 Å². The number of aromatic nitrogens is 2. The van der Waals surface area contributed by atoms with Crippen molar-refractivity contribution < 1.29 is 14.6 Å². The summed E-state index contributed by atoms with van der Waals surface area (Å²) in [5.74, 6) is 0.274. The fourth-order valence-corrected chi connectivity index (χ4v) is 3.71. The normalized spacial score (nSPS) is 14.2. The molecule has 3 rings (SSSR count). The Kier molecular flexibility index (Phi) is 3.93. The van der Waals surface area contributed by atoms with Crippen LogP contribution in [0, 0.1) is 0 Å². The SMILES string of the molecule is CC(=O)OOCCc1ncc2c3c(sc2n1)CCCC3. The topological polar surface area (TPSA) is 61.3 Å². The van der Waals surface area contributed by atoms with Crippen LogP contribution in [0.2, 0.25) is 0 Å². The predicted octanol–water partition coefficient (Wildman–Crippen LogP) is 2.61. The number of hydrogen-bond donors (Lipinski definition) is 0. The van der Waals surface area contributed by atoms with Gasteiger partial charge in [0.15, 0.2) is 0 Å². The molecule has 2 aromatic rings. The average Bonchev–Trinajstić information content (AvgIpc) is 2.81. The number of hydrogen-bond acceptors (Lipinski definition) is 6. The molecule has 0 unspecified atom stereocenters. The zero-order chi connectivity index (χ0) is 13.9. The van der Waals surface area contributed by atoms with Gasteiger partial charge >= 0.3 is 5.97 Å². The van der Waals surface area contributed by atoms with Gasteiger partial charge in [-0.3, -0.25) is 4.89 Å². The summed E-state index contributed by atoms with van der Waals surface area (Å²) in [6, 6.07) is 0. The minimum Gasteiger partial charge on any atom is -0.299 e. The van der Waals surface area contributed by atoms with Crippen LogP contribution in [0.3, 0.4) is 0 Å². The number of aryl methyl sites for hydroxylation is 2. The van der Waals surface area contributed by atoms with Crippen molar-refractivity contribution in [2.45, 2.75) is 39.0 Å². The molecule has 0 fully saturated rings. The van der Waals surface area contributed by atoms with Crippen LogP contribution < -0.4 is 0 Å². The van der Waals surface area contributed by atoms with E-state index in [0.717, 1.165) is 17.1 Å². The van der Waals surface area contributed by atoms with Crippen LogP contribution in [0.25, 0.3) is 10.2 Å². The van der Waals surface area contributed by atoms with Gasteiger partial charge in [0.05, 0.1) is 0 Å². The van der Waals surface area contributed by atoms with Gasteiger partial charge < -0.3 is 0 Å². The highest BCUT2D eigenvalue weighted by Gasteiger charge is 2.17. The fourth-order valence-electron chi connectivity index (χ4n) is 2.46. The summed E-state index contributed by atoms with van der Waals surface area (Å²) in [6.07, 6.45) is 7.30. The summed E-state index contributed by atoms with van der Waals surface area (Å²) in [4.78, 5) is 31.3. The Morgan fingerprint density at radius 3 is 3.10 bits per heavy atom. The molecule has 0 N–H and O–H groups in total. The van der Waals surface area contributed by atoms with Crippen molar-refractivity contribution in [1.29, 1.82) is 0 Å². The molecule has 0 aromatic carbocycles. The average molecular weight is 292 g/mol. The molecular formula is C14H16N2O3S. The van der Waals surface area contributed by atoms with Gasteiger partial charge in [-0.1, -0.05) is 0 Å². The summed E-state index contributed by atoms with van der Waals surface area (Å²) in [6.45, 7) is 1.58. The zero-order valence-corrected chi connectivity index (χ0v) is 12.2. The van der Waals surface area contributed by atoms with Crippen molar-refractivity contribution in [3.63, 3.8) is 0 Å². The molecule has 6 heteroatoms. The van der Waals surface area contributed by atoms with Crippen LogP contribution in [-0.2, 0) is 33.8 Å². The van der Waals surface area contributed by atoms with Crippen LogP contribution in [-0.4, -0.2) is 22.5 Å². The fraction of sp³-hybridized carbons (Fsp3) is 0.500. The van der Waals surface area contributed by atoms with Crippen LogP contribution in [0.5, 0.6) is 0 Å². The van der Waals surface area contributed by atoms with E-state index in [1.54, 1.807) is 11.3 Å². The van der Waals surface area contributed by atoms with Crippen molar-refractivity contribution in [2.75, 3.05) is 6.61 Å². The lowest BCUT2D eigenvalue weighted by Crippen LogP contribution is -2.06. The minimum atomic E-state index is -0.452. The van der Waals surface area contributed by atoms with Gasteiger partial charge in [-0.2, -0.15) is 4.89 Å². The van der Waals surface area contributed by atoms with Gasteiger partial charge in [-0.25, -0.2) is 14.8 Å². The highest BCUT2D eigenvalue weighted by molar-refractivity contribution is 7.18. The van der Waals surface area contributed by atoms with Gasteiger partial charge in [-0.05, 0) is 31.2 Å². The Labute approximate surface area is 120 Å². The van der Waals surface area contributed by atoms with Crippen molar-refractivity contribution in [2.24, 2.45) is 0 Å². The first kappa shape index (κ1) is 13.5. The van der Waals surface area contributed by atoms with Crippen molar-refractivity contribution in [1.82, 2.24) is 9.97 Å². The maximum atomic E-state index is 10.6. The molecule has 0 aliphatic heterocycles. The Morgan fingerprint density at radius 2 is 2.25 bits per heavy atom. The lowest BCUT2D eigenvalue weighted by atomic mass is 9.97. The monoisotopic (exact) mass is 292 g/mol. The third-order valence-corrected chi connectivity index (χ3v) is 4.55. The van der Waals surface area contributed by atoms with Crippen LogP contribution >= 0.6 is 11.3 Å². The Morgan fingerprint density at radius 1 is 1.40 bits per heavy atom. The van der Waals surface area contributed by atoms with Gasteiger partial charge in [0.1, 0.15) is 17.3 Å². The third kappa shape index (κ3) is 2.81. The molecule has 106 valence electrons. The second kappa shape index (κ2) is 5.85. The molecule has 0 radical (unpaired) electrons. The van der Waals surface area contributed by atoms with E-state index < -0.39 is 5.97 Å². The summed E-state index contributed by atoms with van der Waals surface area (Å²) in [7, 11) is 0. The predicted molar refractivity (Wildman–Crippen MR) is 75.5 cm³/mol. The van der Waals surface area contributed by atoms with Crippen molar-refractivity contribution in [3.05, 3.63) is 22.5 Å². The van der Waals surface area contributed by atoms with E-state index >= 15 is 0 Å². The molecule has 2 aromatic heterocycles. The Hall–Kier alpha value is -1.53. The molecule has 5 nitrogen and oxygen atoms in total. The van der Waals surface area contributed by atoms with E-state index in [4.69, 9.17) is 4.89 Å². The summed E-state index contributed by atoms with van der Waals surface area (Å²) in [5, 5.41) is 1.20. The molecule has 1 aliphatic carbocycles. The van der Waals surface area contributed by atoms with E-state index in [1.807, 2.05) is 6.20 Å². The number of rotatable bonds is 4. The second-order valence-corrected chi connectivity index (χ2v) is 5.95. The number of carbonyl (C=O) groups is 1. The molecular weight excluding hydrogens is 276 g/mol. The van der Waals surface area contributed by atoms with E-state index in [-0.39, 0.29) is 6.61 Å². The van der Waals surface area contributed by atoms with Gasteiger partial charge in [-0.15, -0.1) is 11.3 Å². The molecule has 0 saturated heterocycles. The smallest absolute Gasteiger partial charge is 0.299 e. The van der Waals surface area contributed by atoms with E-state index in [2.05, 4.69) is 14.9 Å². The zero-order valence-electron chi connectivity index (χ0n) is 11.3. The first-order chi connectivity index (χ1) is 9.74. The van der Waals surface area contributed by atoms with E-state index in [0.29, 0.717) is 6.42 Å². The quantitative estimate of drug-likeness (QED) is 0.492. The minimum absolute atomic E-state index is 0.274. The highest BCUT2D eigenvalue weighted by atomic mass is 32.1. The van der Waals surface area contributed by atoms with Gasteiger partial charge in [0, 0.05) is 29.8 Å². The summed E-state index contributed by atoms with van der Waals surface area (Å²) in [5.41, 5.74) is 1.44. The highest BCUT2D eigenvalue weighted by Crippen LogP contribution is 2.34.